The van der Waals surface area contributed by atoms with Crippen LogP contribution in [0.2, 0.25) is 0 Å². The normalized spacial score (nSPS) is 33.1. The number of hydrogen-bond donors (Lipinski definition) is 0. The van der Waals surface area contributed by atoms with Crippen molar-refractivity contribution in [3.63, 3.8) is 0 Å². The SMILES string of the molecule is CC(F)C=NC(C)C1CN(C)CC(C)N1C. The molecule has 1 aliphatic heterocycles. The number of nitrogens with zero attached hydrogens (tertiary/aromatic N) is 3. The van der Waals surface area contributed by atoms with Crippen LogP contribution in [0.3, 0.4) is 0 Å². The molecular formula is C12H24FN3. The average molecular weight is 229 g/mol. The summed E-state index contributed by atoms with van der Waals surface area (Å²) in [4.78, 5) is 8.97. The molecule has 1 rings (SSSR count). The van der Waals surface area contributed by atoms with Crippen LogP contribution in [-0.4, -0.2) is 67.5 Å². The summed E-state index contributed by atoms with van der Waals surface area (Å²) in [6.07, 6.45) is 0.462. The Morgan fingerprint density at radius 2 is 1.94 bits per heavy atom. The lowest BCUT2D eigenvalue weighted by Gasteiger charge is -2.44. The molecular weight excluding hydrogens is 205 g/mol. The molecule has 4 heteroatoms. The van der Waals surface area contributed by atoms with E-state index in [9.17, 15) is 4.39 Å². The van der Waals surface area contributed by atoms with Crippen LogP contribution < -0.4 is 0 Å². The van der Waals surface area contributed by atoms with E-state index in [1.807, 2.05) is 0 Å². The first-order valence-electron chi connectivity index (χ1n) is 5.99. The van der Waals surface area contributed by atoms with Crippen molar-refractivity contribution in [3.05, 3.63) is 0 Å². The number of rotatable bonds is 3. The molecule has 0 spiro atoms. The van der Waals surface area contributed by atoms with Gasteiger partial charge < -0.3 is 4.90 Å². The highest BCUT2D eigenvalue weighted by Gasteiger charge is 2.30. The Morgan fingerprint density at radius 3 is 2.50 bits per heavy atom. The van der Waals surface area contributed by atoms with Gasteiger partial charge in [-0.1, -0.05) is 0 Å². The highest BCUT2D eigenvalue weighted by Crippen LogP contribution is 2.16. The van der Waals surface area contributed by atoms with Crippen LogP contribution >= 0.6 is 0 Å². The molecule has 0 amide bonds. The molecule has 0 aliphatic carbocycles. The Labute approximate surface area is 98.3 Å². The third kappa shape index (κ3) is 3.52. The molecule has 1 fully saturated rings. The van der Waals surface area contributed by atoms with E-state index in [-0.39, 0.29) is 6.04 Å². The average Bonchev–Trinajstić information content (AvgIpc) is 2.19. The quantitative estimate of drug-likeness (QED) is 0.682. The molecule has 4 unspecified atom stereocenters. The minimum Gasteiger partial charge on any atom is -0.303 e. The molecule has 1 aliphatic rings. The lowest BCUT2D eigenvalue weighted by molar-refractivity contribution is 0.0564. The van der Waals surface area contributed by atoms with Gasteiger partial charge in [0.25, 0.3) is 0 Å². The molecule has 4 atom stereocenters. The number of likely N-dealkylation sites (N-methyl/N-ethyl adjacent to an activating group) is 2. The molecule has 0 saturated carbocycles. The molecule has 0 radical (unpaired) electrons. The summed E-state index contributed by atoms with van der Waals surface area (Å²) >= 11 is 0. The van der Waals surface area contributed by atoms with Gasteiger partial charge in [-0.2, -0.15) is 0 Å². The van der Waals surface area contributed by atoms with Crippen LogP contribution in [0.1, 0.15) is 20.8 Å². The summed E-state index contributed by atoms with van der Waals surface area (Å²) in [7, 11) is 4.26. The first kappa shape index (κ1) is 13.6. The fourth-order valence-electron chi connectivity index (χ4n) is 2.28. The Balaban J connectivity index is 2.62. The van der Waals surface area contributed by atoms with E-state index in [1.54, 1.807) is 0 Å². The molecule has 0 aromatic rings. The van der Waals surface area contributed by atoms with E-state index in [4.69, 9.17) is 0 Å². The van der Waals surface area contributed by atoms with Crippen LogP contribution in [0, 0.1) is 0 Å². The highest BCUT2D eigenvalue weighted by atomic mass is 19.1. The van der Waals surface area contributed by atoms with Crippen molar-refractivity contribution in [3.8, 4) is 0 Å². The first-order valence-corrected chi connectivity index (χ1v) is 5.99. The Kier molecular flexibility index (Phi) is 4.87. The highest BCUT2D eigenvalue weighted by molar-refractivity contribution is 5.62. The van der Waals surface area contributed by atoms with E-state index < -0.39 is 6.17 Å². The Bertz CT molecular complexity index is 242. The van der Waals surface area contributed by atoms with Crippen molar-refractivity contribution in [2.45, 2.75) is 45.1 Å². The standard InChI is InChI=1S/C12H24FN3/c1-9(13)6-14-11(3)12-8-15(4)7-10(2)16(12)5/h6,9-12H,7-8H2,1-5H3. The maximum absolute atomic E-state index is 12.7. The predicted molar refractivity (Wildman–Crippen MR) is 67.0 cm³/mol. The molecule has 94 valence electrons. The van der Waals surface area contributed by atoms with Crippen LogP contribution in [-0.2, 0) is 0 Å². The largest absolute Gasteiger partial charge is 0.303 e. The van der Waals surface area contributed by atoms with Gasteiger partial charge in [0.1, 0.15) is 6.17 Å². The molecule has 1 saturated heterocycles. The third-order valence-electron chi connectivity index (χ3n) is 3.38. The summed E-state index contributed by atoms with van der Waals surface area (Å²) in [6, 6.07) is 1.06. The molecule has 0 aromatic heterocycles. The zero-order valence-corrected chi connectivity index (χ0v) is 11.0. The van der Waals surface area contributed by atoms with E-state index in [0.29, 0.717) is 12.1 Å². The molecule has 1 heterocycles. The summed E-state index contributed by atoms with van der Waals surface area (Å²) in [5, 5.41) is 0. The second kappa shape index (κ2) is 5.73. The third-order valence-corrected chi connectivity index (χ3v) is 3.38. The zero-order chi connectivity index (χ0) is 12.3. The van der Waals surface area contributed by atoms with E-state index in [1.165, 1.54) is 13.1 Å². The van der Waals surface area contributed by atoms with Gasteiger partial charge in [0.15, 0.2) is 0 Å². The van der Waals surface area contributed by atoms with Gasteiger partial charge in [0.2, 0.25) is 0 Å². The first-order chi connectivity index (χ1) is 7.41. The summed E-state index contributed by atoms with van der Waals surface area (Å²) in [5.41, 5.74) is 0. The van der Waals surface area contributed by atoms with Crippen molar-refractivity contribution in [1.82, 2.24) is 9.80 Å². The van der Waals surface area contributed by atoms with Gasteiger partial charge in [-0.05, 0) is 34.9 Å². The van der Waals surface area contributed by atoms with Gasteiger partial charge in [-0.3, -0.25) is 9.89 Å². The minimum absolute atomic E-state index is 0.147. The number of aliphatic imine (C=N–C) groups is 1. The van der Waals surface area contributed by atoms with Gasteiger partial charge in [-0.25, -0.2) is 4.39 Å². The van der Waals surface area contributed by atoms with E-state index >= 15 is 0 Å². The summed E-state index contributed by atoms with van der Waals surface area (Å²) in [6.45, 7) is 7.88. The van der Waals surface area contributed by atoms with Gasteiger partial charge in [-0.15, -0.1) is 0 Å². The van der Waals surface area contributed by atoms with Gasteiger partial charge in [0, 0.05) is 31.4 Å². The van der Waals surface area contributed by atoms with Crippen molar-refractivity contribution < 1.29 is 4.39 Å². The molecule has 0 bridgehead atoms. The predicted octanol–water partition coefficient (Wildman–Crippen LogP) is 1.44. The fraction of sp³-hybridized carbons (Fsp3) is 0.917. The molecule has 3 nitrogen and oxygen atoms in total. The monoisotopic (exact) mass is 229 g/mol. The Morgan fingerprint density at radius 1 is 1.31 bits per heavy atom. The molecule has 0 aromatic carbocycles. The lowest BCUT2D eigenvalue weighted by atomic mass is 10.0. The van der Waals surface area contributed by atoms with E-state index in [0.717, 1.165) is 13.1 Å². The lowest BCUT2D eigenvalue weighted by Crippen LogP contribution is -2.58. The summed E-state index contributed by atoms with van der Waals surface area (Å²) < 4.78 is 12.7. The van der Waals surface area contributed by atoms with Crippen LogP contribution in [0.5, 0.6) is 0 Å². The Hall–Kier alpha value is -0.480. The van der Waals surface area contributed by atoms with Crippen molar-refractivity contribution in [1.29, 1.82) is 0 Å². The van der Waals surface area contributed by atoms with Crippen molar-refractivity contribution in [2.75, 3.05) is 27.2 Å². The molecule has 16 heavy (non-hydrogen) atoms. The van der Waals surface area contributed by atoms with Gasteiger partial charge >= 0.3 is 0 Å². The minimum atomic E-state index is -0.952. The number of halogens is 1. The van der Waals surface area contributed by atoms with Gasteiger partial charge in [0.05, 0.1) is 6.04 Å². The van der Waals surface area contributed by atoms with Crippen LogP contribution in [0.25, 0.3) is 0 Å². The number of alkyl halides is 1. The van der Waals surface area contributed by atoms with Crippen LogP contribution in [0.4, 0.5) is 4.39 Å². The second-order valence-electron chi connectivity index (χ2n) is 5.02. The topological polar surface area (TPSA) is 18.8 Å². The van der Waals surface area contributed by atoms with Crippen molar-refractivity contribution >= 4 is 6.21 Å². The number of piperazine rings is 1. The second-order valence-corrected chi connectivity index (χ2v) is 5.02. The summed E-state index contributed by atoms with van der Waals surface area (Å²) in [5.74, 6) is 0. The maximum atomic E-state index is 12.7. The molecule has 0 N–H and O–H groups in total. The zero-order valence-electron chi connectivity index (χ0n) is 11.0. The number of hydrogen-bond acceptors (Lipinski definition) is 3. The van der Waals surface area contributed by atoms with Crippen molar-refractivity contribution in [2.24, 2.45) is 4.99 Å². The fourth-order valence-corrected chi connectivity index (χ4v) is 2.28. The van der Waals surface area contributed by atoms with Crippen LogP contribution in [0.15, 0.2) is 4.99 Å². The smallest absolute Gasteiger partial charge is 0.132 e. The van der Waals surface area contributed by atoms with E-state index in [2.05, 4.69) is 42.7 Å². The maximum Gasteiger partial charge on any atom is 0.132 e.